The molecule has 0 aliphatic rings. The van der Waals surface area contributed by atoms with E-state index < -0.39 is 6.10 Å². The first-order valence-corrected chi connectivity index (χ1v) is 30.6. The number of carbonyl (C=O) groups is 3. The largest absolute Gasteiger partial charge is 0.462 e. The number of allylic oxidation sites excluding steroid dienone is 14. The van der Waals surface area contributed by atoms with E-state index in [0.29, 0.717) is 19.3 Å². The molecule has 0 N–H and O–H groups in total. The minimum absolute atomic E-state index is 0.0767. The van der Waals surface area contributed by atoms with Crippen molar-refractivity contribution >= 4 is 17.9 Å². The van der Waals surface area contributed by atoms with Crippen molar-refractivity contribution in [1.29, 1.82) is 0 Å². The zero-order valence-corrected chi connectivity index (χ0v) is 47.4. The molecule has 0 fully saturated rings. The van der Waals surface area contributed by atoms with Crippen molar-refractivity contribution in [3.8, 4) is 0 Å². The Morgan fingerprint density at radius 3 is 0.903 bits per heavy atom. The molecule has 0 aliphatic carbocycles. The SMILES string of the molecule is CC/C=C\C/C=C\C/C=C\C/C=C\C/C=C\C/C=C\CCCCCCCCCCCCCCC(=O)OCC(COC(=O)CCCCCCC/C=C\CCCC)OC(=O)CCCCCCCCCCCCCC. The number of carbonyl (C=O) groups excluding carboxylic acids is 3. The fourth-order valence-electron chi connectivity index (χ4n) is 8.55. The van der Waals surface area contributed by atoms with Crippen LogP contribution in [0.2, 0.25) is 0 Å². The normalized spacial score (nSPS) is 12.7. The van der Waals surface area contributed by atoms with Gasteiger partial charge in [0.15, 0.2) is 6.10 Å². The lowest BCUT2D eigenvalue weighted by Gasteiger charge is -2.18. The second kappa shape index (κ2) is 60.1. The number of hydrogen-bond acceptors (Lipinski definition) is 6. The van der Waals surface area contributed by atoms with E-state index in [4.69, 9.17) is 14.2 Å². The smallest absolute Gasteiger partial charge is 0.306 e. The minimum Gasteiger partial charge on any atom is -0.462 e. The van der Waals surface area contributed by atoms with Crippen LogP contribution in [0, 0.1) is 0 Å². The van der Waals surface area contributed by atoms with Crippen LogP contribution in [-0.2, 0) is 28.6 Å². The van der Waals surface area contributed by atoms with Gasteiger partial charge in [0.1, 0.15) is 13.2 Å². The fraction of sp³-hybridized carbons (Fsp3) is 0.742. The van der Waals surface area contributed by atoms with Crippen LogP contribution >= 0.6 is 0 Å². The first kappa shape index (κ1) is 68.6. The molecule has 0 bridgehead atoms. The first-order valence-electron chi connectivity index (χ1n) is 30.6. The maximum Gasteiger partial charge on any atom is 0.306 e. The highest BCUT2D eigenvalue weighted by atomic mass is 16.6. The van der Waals surface area contributed by atoms with E-state index in [1.165, 1.54) is 154 Å². The lowest BCUT2D eigenvalue weighted by atomic mass is 10.0. The zero-order valence-electron chi connectivity index (χ0n) is 47.4. The predicted molar refractivity (Wildman–Crippen MR) is 311 cm³/mol. The van der Waals surface area contributed by atoms with Crippen LogP contribution in [0.3, 0.4) is 0 Å². The summed E-state index contributed by atoms with van der Waals surface area (Å²) in [6.07, 6.45) is 78.8. The topological polar surface area (TPSA) is 78.9 Å². The molecule has 0 aromatic carbocycles. The van der Waals surface area contributed by atoms with Gasteiger partial charge in [0.2, 0.25) is 0 Å². The summed E-state index contributed by atoms with van der Waals surface area (Å²) in [7, 11) is 0. The molecule has 0 heterocycles. The second-order valence-electron chi connectivity index (χ2n) is 20.2. The van der Waals surface area contributed by atoms with E-state index in [0.717, 1.165) is 103 Å². The van der Waals surface area contributed by atoms with Gasteiger partial charge in [0.05, 0.1) is 0 Å². The Bertz CT molecular complexity index is 1380. The number of hydrogen-bond donors (Lipinski definition) is 0. The Morgan fingerprint density at radius 2 is 0.556 bits per heavy atom. The third-order valence-electron chi connectivity index (χ3n) is 13.1. The highest BCUT2D eigenvalue weighted by molar-refractivity contribution is 5.71. The van der Waals surface area contributed by atoms with Crippen molar-refractivity contribution in [2.24, 2.45) is 0 Å². The van der Waals surface area contributed by atoms with Crippen molar-refractivity contribution in [3.63, 3.8) is 0 Å². The molecule has 0 amide bonds. The zero-order chi connectivity index (χ0) is 52.2. The molecule has 72 heavy (non-hydrogen) atoms. The van der Waals surface area contributed by atoms with Gasteiger partial charge in [-0.1, -0.05) is 273 Å². The van der Waals surface area contributed by atoms with Gasteiger partial charge >= 0.3 is 17.9 Å². The third-order valence-corrected chi connectivity index (χ3v) is 13.1. The van der Waals surface area contributed by atoms with Gasteiger partial charge in [-0.05, 0) is 89.9 Å². The molecule has 0 saturated heterocycles. The summed E-state index contributed by atoms with van der Waals surface area (Å²) in [6, 6.07) is 0. The Balaban J connectivity index is 4.14. The molecule has 0 rings (SSSR count). The average Bonchev–Trinajstić information content (AvgIpc) is 3.38. The van der Waals surface area contributed by atoms with Gasteiger partial charge in [-0.15, -0.1) is 0 Å². The number of unbranched alkanes of at least 4 members (excludes halogenated alkanes) is 30. The summed E-state index contributed by atoms with van der Waals surface area (Å²) in [5, 5.41) is 0. The Hall–Kier alpha value is -3.41. The van der Waals surface area contributed by atoms with Gasteiger partial charge in [-0.2, -0.15) is 0 Å². The van der Waals surface area contributed by atoms with Crippen LogP contribution in [0.1, 0.15) is 297 Å². The van der Waals surface area contributed by atoms with Crippen molar-refractivity contribution < 1.29 is 28.6 Å². The minimum atomic E-state index is -0.776. The molecular weight excluding hydrogens is 889 g/mol. The Kier molecular flexibility index (Phi) is 57.3. The molecule has 6 heteroatoms. The van der Waals surface area contributed by atoms with E-state index in [1.807, 2.05) is 0 Å². The monoisotopic (exact) mass is 1000 g/mol. The van der Waals surface area contributed by atoms with E-state index in [9.17, 15) is 14.4 Å². The number of ether oxygens (including phenoxy) is 3. The van der Waals surface area contributed by atoms with Gasteiger partial charge in [0.25, 0.3) is 0 Å². The van der Waals surface area contributed by atoms with Gasteiger partial charge < -0.3 is 14.2 Å². The summed E-state index contributed by atoms with van der Waals surface area (Å²) in [5.74, 6) is -0.880. The summed E-state index contributed by atoms with van der Waals surface area (Å²) in [5.41, 5.74) is 0. The van der Waals surface area contributed by atoms with Crippen LogP contribution in [0.25, 0.3) is 0 Å². The van der Waals surface area contributed by atoms with Crippen molar-refractivity contribution in [2.45, 2.75) is 303 Å². The molecule has 414 valence electrons. The van der Waals surface area contributed by atoms with E-state index in [-0.39, 0.29) is 31.1 Å². The molecule has 0 saturated carbocycles. The predicted octanol–water partition coefficient (Wildman–Crippen LogP) is 20.7. The molecule has 1 atom stereocenters. The number of rotatable bonds is 55. The Labute approximate surface area is 445 Å². The van der Waals surface area contributed by atoms with Crippen LogP contribution in [0.4, 0.5) is 0 Å². The van der Waals surface area contributed by atoms with Crippen LogP contribution < -0.4 is 0 Å². The van der Waals surface area contributed by atoms with E-state index >= 15 is 0 Å². The van der Waals surface area contributed by atoms with E-state index in [1.54, 1.807) is 0 Å². The molecule has 0 radical (unpaired) electrons. The molecule has 6 nitrogen and oxygen atoms in total. The Morgan fingerprint density at radius 1 is 0.292 bits per heavy atom. The summed E-state index contributed by atoms with van der Waals surface area (Å²) in [6.45, 7) is 6.49. The second-order valence-corrected chi connectivity index (χ2v) is 20.2. The van der Waals surface area contributed by atoms with Crippen molar-refractivity contribution in [2.75, 3.05) is 13.2 Å². The molecule has 0 aromatic rings. The van der Waals surface area contributed by atoms with Gasteiger partial charge in [-0.25, -0.2) is 0 Å². The number of esters is 3. The van der Waals surface area contributed by atoms with Gasteiger partial charge in [-0.3, -0.25) is 14.4 Å². The molecule has 0 aromatic heterocycles. The molecule has 1 unspecified atom stereocenters. The maximum atomic E-state index is 12.8. The fourth-order valence-corrected chi connectivity index (χ4v) is 8.55. The first-order chi connectivity index (χ1) is 35.5. The lowest BCUT2D eigenvalue weighted by molar-refractivity contribution is -0.167. The van der Waals surface area contributed by atoms with Crippen LogP contribution in [0.15, 0.2) is 85.1 Å². The highest BCUT2D eigenvalue weighted by Crippen LogP contribution is 2.16. The molecule has 0 aliphatic heterocycles. The van der Waals surface area contributed by atoms with Crippen LogP contribution in [0.5, 0.6) is 0 Å². The average molecular weight is 1000 g/mol. The third kappa shape index (κ3) is 57.5. The lowest BCUT2D eigenvalue weighted by Crippen LogP contribution is -2.30. The summed E-state index contributed by atoms with van der Waals surface area (Å²) in [4.78, 5) is 38.1. The highest BCUT2D eigenvalue weighted by Gasteiger charge is 2.19. The summed E-state index contributed by atoms with van der Waals surface area (Å²) < 4.78 is 16.8. The van der Waals surface area contributed by atoms with Gasteiger partial charge in [0, 0.05) is 19.3 Å². The van der Waals surface area contributed by atoms with E-state index in [2.05, 4.69) is 106 Å². The molecule has 0 spiro atoms. The molecular formula is C66H114O6. The maximum absolute atomic E-state index is 12.8. The summed E-state index contributed by atoms with van der Waals surface area (Å²) >= 11 is 0. The van der Waals surface area contributed by atoms with Crippen LogP contribution in [-0.4, -0.2) is 37.2 Å². The quantitative estimate of drug-likeness (QED) is 0.0261. The standard InChI is InChI=1S/C66H114O6/c1-4-7-10-13-16-19-22-24-25-26-27-28-29-30-31-32-33-34-35-36-37-38-39-40-41-42-45-47-50-53-56-59-65(68)71-62-63(61-70-64(67)58-55-52-49-46-43-21-18-15-12-9-6-3)72-66(69)60-57-54-51-48-44-23-20-17-14-11-8-5-2/h7,10,15-16,18-19,24-25,27-28,30-31,33-34,63H,4-6,8-9,11-14,17,20-23,26,29,32,35-62H2,1-3H3/b10-7-,18-15-,19-16-,25-24-,28-27-,31-30-,34-33-. The van der Waals surface area contributed by atoms with Crippen molar-refractivity contribution in [1.82, 2.24) is 0 Å². The van der Waals surface area contributed by atoms with Crippen molar-refractivity contribution in [3.05, 3.63) is 85.1 Å².